The van der Waals surface area contributed by atoms with Gasteiger partial charge in [-0.15, -0.1) is 0 Å². The summed E-state index contributed by atoms with van der Waals surface area (Å²) >= 11 is 0. The lowest BCUT2D eigenvalue weighted by atomic mass is 10.1. The summed E-state index contributed by atoms with van der Waals surface area (Å²) in [6.07, 6.45) is 3.56. The van der Waals surface area contributed by atoms with Gasteiger partial charge in [0.15, 0.2) is 5.78 Å². The van der Waals surface area contributed by atoms with Crippen molar-refractivity contribution in [2.75, 3.05) is 52.2 Å². The number of carbonyl (C=O) groups is 1. The van der Waals surface area contributed by atoms with Crippen LogP contribution in [0.2, 0.25) is 0 Å². The fourth-order valence-corrected chi connectivity index (χ4v) is 3.09. The van der Waals surface area contributed by atoms with Crippen molar-refractivity contribution < 1.29 is 4.79 Å². The maximum Gasteiger partial charge on any atom is 0.185 e. The predicted octanol–water partition coefficient (Wildman–Crippen LogP) is 4.42. The quantitative estimate of drug-likeness (QED) is 0.417. The Labute approximate surface area is 176 Å². The third-order valence-corrected chi connectivity index (χ3v) is 5.16. The monoisotopic (exact) mass is 393 g/mol. The summed E-state index contributed by atoms with van der Waals surface area (Å²) in [5, 5.41) is 0. The van der Waals surface area contributed by atoms with E-state index in [-0.39, 0.29) is 5.78 Å². The van der Waals surface area contributed by atoms with Crippen molar-refractivity contribution in [2.45, 2.75) is 20.4 Å². The summed E-state index contributed by atoms with van der Waals surface area (Å²) in [4.78, 5) is 19.3. The summed E-state index contributed by atoms with van der Waals surface area (Å²) < 4.78 is 0. The Morgan fingerprint density at radius 2 is 1.62 bits per heavy atom. The summed E-state index contributed by atoms with van der Waals surface area (Å²) in [5.41, 5.74) is 4.15. The number of benzene rings is 2. The number of rotatable bonds is 11. The third-order valence-electron chi connectivity index (χ3n) is 5.16. The molecule has 0 aromatic heterocycles. The first-order chi connectivity index (χ1) is 13.9. The van der Waals surface area contributed by atoms with Crippen LogP contribution in [0.3, 0.4) is 0 Å². The van der Waals surface area contributed by atoms with Gasteiger partial charge in [-0.2, -0.15) is 0 Å². The molecule has 0 fully saturated rings. The number of allylic oxidation sites excluding steroid dienone is 1. The number of carbonyl (C=O) groups excluding carboxylic acids is 1. The van der Waals surface area contributed by atoms with E-state index in [0.29, 0.717) is 0 Å². The maximum absolute atomic E-state index is 12.5. The molecule has 0 bridgehead atoms. The minimum atomic E-state index is 0.0331. The number of hydrogen-bond acceptors (Lipinski definition) is 4. The molecule has 0 heterocycles. The fraction of sp³-hybridized carbons (Fsp3) is 0.400. The van der Waals surface area contributed by atoms with Crippen LogP contribution in [0, 0.1) is 0 Å². The van der Waals surface area contributed by atoms with Gasteiger partial charge in [0, 0.05) is 37.9 Å². The van der Waals surface area contributed by atoms with E-state index in [0.717, 1.165) is 49.5 Å². The van der Waals surface area contributed by atoms with E-state index in [9.17, 15) is 4.79 Å². The molecule has 0 unspecified atom stereocenters. The van der Waals surface area contributed by atoms with Gasteiger partial charge in [-0.25, -0.2) is 0 Å². The van der Waals surface area contributed by atoms with E-state index in [2.05, 4.69) is 74.0 Å². The van der Waals surface area contributed by atoms with Gasteiger partial charge in [0.2, 0.25) is 0 Å². The van der Waals surface area contributed by atoms with Gasteiger partial charge in [0.1, 0.15) is 0 Å². The van der Waals surface area contributed by atoms with Crippen molar-refractivity contribution in [3.8, 4) is 0 Å². The Morgan fingerprint density at radius 1 is 0.931 bits per heavy atom. The summed E-state index contributed by atoms with van der Waals surface area (Å²) in [7, 11) is 6.25. The highest BCUT2D eigenvalue weighted by molar-refractivity contribution is 6.06. The van der Waals surface area contributed by atoms with Crippen LogP contribution in [0.15, 0.2) is 54.6 Å². The van der Waals surface area contributed by atoms with Gasteiger partial charge in [-0.05, 0) is 56.5 Å². The lowest BCUT2D eigenvalue weighted by Gasteiger charge is -2.21. The lowest BCUT2D eigenvalue weighted by Crippen LogP contribution is -2.28. The van der Waals surface area contributed by atoms with Crippen LogP contribution in [0.25, 0.3) is 6.08 Å². The van der Waals surface area contributed by atoms with Crippen molar-refractivity contribution in [3.05, 3.63) is 71.3 Å². The van der Waals surface area contributed by atoms with Gasteiger partial charge >= 0.3 is 0 Å². The molecule has 0 radical (unpaired) electrons. The van der Waals surface area contributed by atoms with Gasteiger partial charge in [0.05, 0.1) is 0 Å². The predicted molar refractivity (Wildman–Crippen MR) is 125 cm³/mol. The van der Waals surface area contributed by atoms with E-state index in [1.54, 1.807) is 6.08 Å². The van der Waals surface area contributed by atoms with Crippen LogP contribution in [-0.2, 0) is 6.54 Å². The lowest BCUT2D eigenvalue weighted by molar-refractivity contribution is 0.104. The van der Waals surface area contributed by atoms with Crippen LogP contribution in [-0.4, -0.2) is 62.9 Å². The van der Waals surface area contributed by atoms with E-state index in [4.69, 9.17) is 0 Å². The number of nitrogens with zero attached hydrogens (tertiary/aromatic N) is 3. The molecule has 0 spiro atoms. The molecule has 0 saturated heterocycles. The average molecular weight is 394 g/mol. The zero-order valence-corrected chi connectivity index (χ0v) is 18.6. The molecule has 0 saturated carbocycles. The van der Waals surface area contributed by atoms with Crippen LogP contribution in [0.4, 0.5) is 5.69 Å². The molecule has 0 N–H and O–H groups in total. The highest BCUT2D eigenvalue weighted by Gasteiger charge is 2.05. The van der Waals surface area contributed by atoms with E-state index in [1.807, 2.05) is 30.3 Å². The van der Waals surface area contributed by atoms with E-state index >= 15 is 0 Å². The molecule has 2 aromatic rings. The van der Waals surface area contributed by atoms with E-state index < -0.39 is 0 Å². The molecule has 0 atom stereocenters. The minimum absolute atomic E-state index is 0.0331. The fourth-order valence-electron chi connectivity index (χ4n) is 3.09. The van der Waals surface area contributed by atoms with Crippen LogP contribution >= 0.6 is 0 Å². The largest absolute Gasteiger partial charge is 0.373 e. The summed E-state index contributed by atoms with van der Waals surface area (Å²) in [6.45, 7) is 9.28. The Balaban J connectivity index is 2.00. The molecule has 0 aliphatic carbocycles. The van der Waals surface area contributed by atoms with Crippen LogP contribution < -0.4 is 4.90 Å². The molecule has 4 nitrogen and oxygen atoms in total. The maximum atomic E-state index is 12.5. The molecule has 156 valence electrons. The molecule has 0 amide bonds. The van der Waals surface area contributed by atoms with Crippen molar-refractivity contribution >= 4 is 17.5 Å². The zero-order chi connectivity index (χ0) is 21.2. The number of hydrogen-bond donors (Lipinski definition) is 0. The van der Waals surface area contributed by atoms with Gasteiger partial charge in [-0.3, -0.25) is 9.69 Å². The topological polar surface area (TPSA) is 26.8 Å². The molecule has 0 aliphatic heterocycles. The van der Waals surface area contributed by atoms with Crippen LogP contribution in [0.5, 0.6) is 0 Å². The highest BCUT2D eigenvalue weighted by atomic mass is 16.1. The first-order valence-corrected chi connectivity index (χ1v) is 10.4. The summed E-state index contributed by atoms with van der Waals surface area (Å²) in [6, 6.07) is 16.2. The zero-order valence-electron chi connectivity index (χ0n) is 18.6. The Hall–Kier alpha value is -2.43. The second kappa shape index (κ2) is 11.5. The number of ketones is 1. The first kappa shape index (κ1) is 22.9. The van der Waals surface area contributed by atoms with E-state index in [1.165, 1.54) is 5.56 Å². The van der Waals surface area contributed by atoms with Crippen LogP contribution in [0.1, 0.15) is 35.3 Å². The minimum Gasteiger partial charge on any atom is -0.373 e. The SMILES string of the molecule is CCN(CC)Cc1ccc(C(=O)C=Cc2cccc(N(C)CCN(C)C)c2)cc1. The normalized spacial score (nSPS) is 11.6. The Morgan fingerprint density at radius 3 is 2.24 bits per heavy atom. The molecule has 29 heavy (non-hydrogen) atoms. The van der Waals surface area contributed by atoms with Gasteiger partial charge in [-0.1, -0.05) is 56.3 Å². The molecule has 4 heteroatoms. The smallest absolute Gasteiger partial charge is 0.185 e. The van der Waals surface area contributed by atoms with Crippen molar-refractivity contribution in [3.63, 3.8) is 0 Å². The molecule has 2 aromatic carbocycles. The Kier molecular flexibility index (Phi) is 9.10. The van der Waals surface area contributed by atoms with Gasteiger partial charge < -0.3 is 9.80 Å². The van der Waals surface area contributed by atoms with Gasteiger partial charge in [0.25, 0.3) is 0 Å². The molecule has 2 rings (SSSR count). The van der Waals surface area contributed by atoms with Crippen molar-refractivity contribution in [1.82, 2.24) is 9.80 Å². The third kappa shape index (κ3) is 7.48. The van der Waals surface area contributed by atoms with Crippen molar-refractivity contribution in [2.24, 2.45) is 0 Å². The second-order valence-electron chi connectivity index (χ2n) is 7.68. The highest BCUT2D eigenvalue weighted by Crippen LogP contribution is 2.16. The molecule has 0 aliphatic rings. The first-order valence-electron chi connectivity index (χ1n) is 10.4. The molecular formula is C25H35N3O. The van der Waals surface area contributed by atoms with Crippen molar-refractivity contribution in [1.29, 1.82) is 0 Å². The summed E-state index contributed by atoms with van der Waals surface area (Å²) in [5.74, 6) is 0.0331. The molecular weight excluding hydrogens is 358 g/mol. The Bertz CT molecular complexity index is 792. The number of anilines is 1. The average Bonchev–Trinajstić information content (AvgIpc) is 2.74. The standard InChI is InChI=1S/C25H35N3O/c1-6-28(7-2)20-22-11-14-23(15-12-22)25(29)16-13-21-9-8-10-24(19-21)27(5)18-17-26(3)4/h8-16,19H,6-7,17-18,20H2,1-5H3. The number of likely N-dealkylation sites (N-methyl/N-ethyl adjacent to an activating group) is 2. The second-order valence-corrected chi connectivity index (χ2v) is 7.68.